The lowest BCUT2D eigenvalue weighted by molar-refractivity contribution is 0.486. The van der Waals surface area contributed by atoms with Crippen LogP contribution in [0.3, 0.4) is 0 Å². The van der Waals surface area contributed by atoms with E-state index in [1.165, 1.54) is 0 Å². The van der Waals surface area contributed by atoms with Gasteiger partial charge in [-0.1, -0.05) is 31.4 Å². The van der Waals surface area contributed by atoms with Crippen LogP contribution in [-0.4, -0.2) is 20.7 Å². The van der Waals surface area contributed by atoms with Crippen LogP contribution in [0.4, 0.5) is 5.69 Å². The minimum atomic E-state index is -3.26. The van der Waals surface area contributed by atoms with E-state index in [4.69, 9.17) is 0 Å². The second kappa shape index (κ2) is 6.59. The molecule has 0 amide bonds. The van der Waals surface area contributed by atoms with Crippen molar-refractivity contribution in [3.05, 3.63) is 29.8 Å². The molecule has 1 aliphatic rings. The molecule has 1 saturated carbocycles. The first-order valence-corrected chi connectivity index (χ1v) is 8.86. The van der Waals surface area contributed by atoms with Crippen LogP contribution >= 0.6 is 0 Å². The number of sulfonamides is 1. The zero-order chi connectivity index (χ0) is 14.6. The van der Waals surface area contributed by atoms with Crippen molar-refractivity contribution in [1.29, 1.82) is 0 Å². The van der Waals surface area contributed by atoms with E-state index in [-0.39, 0.29) is 11.3 Å². The Hall–Kier alpha value is -1.07. The summed E-state index contributed by atoms with van der Waals surface area (Å²) in [5.74, 6) is 0. The molecular formula is C15H24N2O2S. The summed E-state index contributed by atoms with van der Waals surface area (Å²) in [7, 11) is -1.36. The van der Waals surface area contributed by atoms with Gasteiger partial charge >= 0.3 is 0 Å². The van der Waals surface area contributed by atoms with Gasteiger partial charge in [-0.25, -0.2) is 8.42 Å². The van der Waals surface area contributed by atoms with Crippen LogP contribution in [-0.2, 0) is 10.0 Å². The summed E-state index contributed by atoms with van der Waals surface area (Å²) in [5, 5.41) is 2.92. The number of hydrogen-bond donors (Lipinski definition) is 2. The van der Waals surface area contributed by atoms with Crippen LogP contribution in [0.5, 0.6) is 0 Å². The Morgan fingerprint density at radius 2 is 1.90 bits per heavy atom. The second-order valence-electron chi connectivity index (χ2n) is 5.54. The van der Waals surface area contributed by atoms with Gasteiger partial charge in [0, 0.05) is 11.7 Å². The molecule has 0 heterocycles. The van der Waals surface area contributed by atoms with Crippen molar-refractivity contribution in [2.75, 3.05) is 11.8 Å². The Morgan fingerprint density at radius 3 is 2.55 bits per heavy atom. The molecule has 0 spiro atoms. The van der Waals surface area contributed by atoms with Crippen LogP contribution < -0.4 is 10.0 Å². The second-order valence-corrected chi connectivity index (χ2v) is 7.50. The van der Waals surface area contributed by atoms with E-state index in [1.54, 1.807) is 0 Å². The van der Waals surface area contributed by atoms with Gasteiger partial charge in [0.1, 0.15) is 0 Å². The topological polar surface area (TPSA) is 58.2 Å². The largest absolute Gasteiger partial charge is 0.313 e. The Morgan fingerprint density at radius 1 is 1.20 bits per heavy atom. The van der Waals surface area contributed by atoms with E-state index in [1.807, 2.05) is 31.3 Å². The van der Waals surface area contributed by atoms with E-state index in [2.05, 4.69) is 17.0 Å². The predicted molar refractivity (Wildman–Crippen MR) is 83.3 cm³/mol. The summed E-state index contributed by atoms with van der Waals surface area (Å²) in [5.41, 5.74) is 1.74. The molecule has 2 rings (SSSR count). The van der Waals surface area contributed by atoms with Gasteiger partial charge in [0.05, 0.1) is 5.25 Å². The van der Waals surface area contributed by atoms with Crippen LogP contribution in [0.2, 0.25) is 0 Å². The van der Waals surface area contributed by atoms with Crippen molar-refractivity contribution in [1.82, 2.24) is 5.32 Å². The first-order valence-electron chi connectivity index (χ1n) is 7.32. The number of nitrogens with one attached hydrogen (secondary N) is 2. The molecule has 2 N–H and O–H groups in total. The smallest absolute Gasteiger partial charge is 0.235 e. The van der Waals surface area contributed by atoms with Crippen molar-refractivity contribution in [2.45, 2.75) is 50.3 Å². The molecule has 112 valence electrons. The number of hydrogen-bond acceptors (Lipinski definition) is 3. The van der Waals surface area contributed by atoms with Crippen LogP contribution in [0.1, 0.15) is 50.6 Å². The Labute approximate surface area is 122 Å². The molecule has 1 aliphatic carbocycles. The molecule has 4 nitrogen and oxygen atoms in total. The summed E-state index contributed by atoms with van der Waals surface area (Å²) < 4.78 is 27.5. The minimum Gasteiger partial charge on any atom is -0.313 e. The van der Waals surface area contributed by atoms with Crippen LogP contribution in [0.15, 0.2) is 24.3 Å². The highest BCUT2D eigenvalue weighted by molar-refractivity contribution is 7.93. The van der Waals surface area contributed by atoms with Gasteiger partial charge in [0.15, 0.2) is 0 Å². The molecule has 20 heavy (non-hydrogen) atoms. The maximum atomic E-state index is 12.4. The van der Waals surface area contributed by atoms with E-state index >= 15 is 0 Å². The SMILES string of the molecule is CNC(C)c1cccc(NS(=O)(=O)C2CCCCC2)c1. The highest BCUT2D eigenvalue weighted by Crippen LogP contribution is 2.26. The molecule has 5 heteroatoms. The standard InChI is InChI=1S/C15H24N2O2S/c1-12(16-2)13-7-6-8-14(11-13)17-20(18,19)15-9-4-3-5-10-15/h6-8,11-12,15-17H,3-5,9-10H2,1-2H3. The van der Waals surface area contributed by atoms with E-state index in [0.717, 1.165) is 37.7 Å². The molecule has 0 saturated heterocycles. The Balaban J connectivity index is 2.12. The molecule has 0 radical (unpaired) electrons. The molecule has 0 aromatic heterocycles. The summed E-state index contributed by atoms with van der Waals surface area (Å²) in [6, 6.07) is 7.81. The normalized spacial score (nSPS) is 18.7. The van der Waals surface area contributed by atoms with Crippen molar-refractivity contribution >= 4 is 15.7 Å². The van der Waals surface area contributed by atoms with Gasteiger partial charge in [0.2, 0.25) is 10.0 Å². The van der Waals surface area contributed by atoms with Crippen LogP contribution in [0, 0.1) is 0 Å². The quantitative estimate of drug-likeness (QED) is 0.878. The van der Waals surface area contributed by atoms with Crippen molar-refractivity contribution < 1.29 is 8.42 Å². The van der Waals surface area contributed by atoms with E-state index in [0.29, 0.717) is 5.69 Å². The minimum absolute atomic E-state index is 0.203. The zero-order valence-electron chi connectivity index (χ0n) is 12.2. The lowest BCUT2D eigenvalue weighted by atomic mass is 10.0. The fraction of sp³-hybridized carbons (Fsp3) is 0.600. The summed E-state index contributed by atoms with van der Waals surface area (Å²) in [6.07, 6.45) is 4.75. The molecule has 1 aromatic rings. The van der Waals surface area contributed by atoms with Crippen molar-refractivity contribution in [2.24, 2.45) is 0 Å². The van der Waals surface area contributed by atoms with Gasteiger partial charge in [-0.15, -0.1) is 0 Å². The molecule has 0 aliphatic heterocycles. The van der Waals surface area contributed by atoms with Gasteiger partial charge in [0.25, 0.3) is 0 Å². The van der Waals surface area contributed by atoms with Gasteiger partial charge in [-0.3, -0.25) is 4.72 Å². The number of rotatable bonds is 5. The summed E-state index contributed by atoms with van der Waals surface area (Å²) in [6.45, 7) is 2.05. The average molecular weight is 296 g/mol. The molecule has 0 bridgehead atoms. The predicted octanol–water partition coefficient (Wildman–Crippen LogP) is 3.04. The molecular weight excluding hydrogens is 272 g/mol. The molecule has 1 aromatic carbocycles. The Kier molecular flexibility index (Phi) is 5.05. The number of benzene rings is 1. The fourth-order valence-corrected chi connectivity index (χ4v) is 4.24. The van der Waals surface area contributed by atoms with Gasteiger partial charge in [-0.2, -0.15) is 0 Å². The fourth-order valence-electron chi connectivity index (χ4n) is 2.66. The number of anilines is 1. The third-order valence-electron chi connectivity index (χ3n) is 4.07. The van der Waals surface area contributed by atoms with E-state index < -0.39 is 10.0 Å². The monoisotopic (exact) mass is 296 g/mol. The van der Waals surface area contributed by atoms with Crippen LogP contribution in [0.25, 0.3) is 0 Å². The Bertz CT molecular complexity index is 537. The lowest BCUT2D eigenvalue weighted by Crippen LogP contribution is -2.29. The van der Waals surface area contributed by atoms with Crippen molar-refractivity contribution in [3.63, 3.8) is 0 Å². The third kappa shape index (κ3) is 3.73. The maximum absolute atomic E-state index is 12.4. The van der Waals surface area contributed by atoms with E-state index in [9.17, 15) is 8.42 Å². The lowest BCUT2D eigenvalue weighted by Gasteiger charge is -2.22. The highest BCUT2D eigenvalue weighted by atomic mass is 32.2. The zero-order valence-corrected chi connectivity index (χ0v) is 13.0. The van der Waals surface area contributed by atoms with Gasteiger partial charge in [-0.05, 0) is 44.5 Å². The first-order chi connectivity index (χ1) is 9.53. The first kappa shape index (κ1) is 15.3. The molecule has 1 unspecified atom stereocenters. The van der Waals surface area contributed by atoms with Gasteiger partial charge < -0.3 is 5.32 Å². The summed E-state index contributed by atoms with van der Waals surface area (Å²) in [4.78, 5) is 0. The highest BCUT2D eigenvalue weighted by Gasteiger charge is 2.27. The average Bonchev–Trinajstić information content (AvgIpc) is 2.47. The molecule has 1 fully saturated rings. The summed E-state index contributed by atoms with van der Waals surface area (Å²) >= 11 is 0. The maximum Gasteiger partial charge on any atom is 0.235 e. The third-order valence-corrected chi connectivity index (χ3v) is 5.94. The van der Waals surface area contributed by atoms with Crippen molar-refractivity contribution in [3.8, 4) is 0 Å². The molecule has 1 atom stereocenters.